The molecule has 92 valence electrons. The summed E-state index contributed by atoms with van der Waals surface area (Å²) in [5.41, 5.74) is 10.3. The Hall–Kier alpha value is -1.65. The highest BCUT2D eigenvalue weighted by Gasteiger charge is 2.07. The van der Waals surface area contributed by atoms with E-state index in [1.54, 1.807) is 11.3 Å². The maximum Gasteiger partial charge on any atom is 0.194 e. The first-order chi connectivity index (χ1) is 8.78. The number of hydrogen-bond donors (Lipinski definition) is 1. The van der Waals surface area contributed by atoms with Gasteiger partial charge in [-0.2, -0.15) is 0 Å². The lowest BCUT2D eigenvalue weighted by molar-refractivity contribution is 0.969. The molecule has 2 heterocycles. The number of hydrogen-bond acceptors (Lipinski definition) is 3. The quantitative estimate of drug-likeness (QED) is 0.784. The number of fused-ring (bicyclic) bond motifs is 1. The average Bonchev–Trinajstić information content (AvgIpc) is 2.89. The summed E-state index contributed by atoms with van der Waals surface area (Å²) in [7, 11) is 0. The Morgan fingerprint density at radius 1 is 1.28 bits per heavy atom. The summed E-state index contributed by atoms with van der Waals surface area (Å²) in [5.74, 6) is 0. The number of thiazole rings is 1. The van der Waals surface area contributed by atoms with Crippen molar-refractivity contribution in [3.8, 4) is 11.3 Å². The minimum Gasteiger partial charge on any atom is -0.330 e. The zero-order chi connectivity index (χ0) is 12.5. The molecule has 3 rings (SSSR count). The first-order valence-corrected chi connectivity index (χ1v) is 6.88. The number of nitrogens with two attached hydrogens (primary N) is 1. The molecule has 2 N–H and O–H groups in total. The van der Waals surface area contributed by atoms with Crippen molar-refractivity contribution in [2.24, 2.45) is 5.73 Å². The van der Waals surface area contributed by atoms with Gasteiger partial charge in [0.15, 0.2) is 4.96 Å². The van der Waals surface area contributed by atoms with E-state index >= 15 is 0 Å². The van der Waals surface area contributed by atoms with E-state index in [1.807, 2.05) is 6.92 Å². The van der Waals surface area contributed by atoms with Crippen molar-refractivity contribution < 1.29 is 0 Å². The highest BCUT2D eigenvalue weighted by molar-refractivity contribution is 7.15. The average molecular weight is 257 g/mol. The van der Waals surface area contributed by atoms with Gasteiger partial charge in [-0.1, -0.05) is 24.3 Å². The normalized spacial score (nSPS) is 11.2. The minimum absolute atomic E-state index is 0.697. The Balaban J connectivity index is 2.02. The zero-order valence-corrected chi connectivity index (χ0v) is 11.1. The third-order valence-corrected chi connectivity index (χ3v) is 3.85. The summed E-state index contributed by atoms with van der Waals surface area (Å²) in [6.07, 6.45) is 3.01. The number of aryl methyl sites for hydroxylation is 1. The molecule has 2 aromatic heterocycles. The summed E-state index contributed by atoms with van der Waals surface area (Å²) in [6, 6.07) is 8.61. The second-order valence-corrected chi connectivity index (χ2v) is 5.23. The van der Waals surface area contributed by atoms with E-state index in [4.69, 9.17) is 5.73 Å². The molecule has 1 aromatic carbocycles. The van der Waals surface area contributed by atoms with Crippen molar-refractivity contribution in [1.29, 1.82) is 0 Å². The topological polar surface area (TPSA) is 43.3 Å². The van der Waals surface area contributed by atoms with E-state index in [-0.39, 0.29) is 0 Å². The highest BCUT2D eigenvalue weighted by atomic mass is 32.1. The van der Waals surface area contributed by atoms with E-state index in [1.165, 1.54) is 16.8 Å². The van der Waals surface area contributed by atoms with Crippen molar-refractivity contribution in [2.45, 2.75) is 13.3 Å². The van der Waals surface area contributed by atoms with Gasteiger partial charge in [-0.3, -0.25) is 4.40 Å². The van der Waals surface area contributed by atoms with E-state index in [2.05, 4.69) is 45.2 Å². The van der Waals surface area contributed by atoms with Crippen molar-refractivity contribution >= 4 is 16.3 Å². The Kier molecular flexibility index (Phi) is 2.89. The third kappa shape index (κ3) is 1.94. The Bertz CT molecular complexity index is 664. The van der Waals surface area contributed by atoms with Crippen LogP contribution in [-0.4, -0.2) is 15.9 Å². The molecule has 0 amide bonds. The van der Waals surface area contributed by atoms with Crippen LogP contribution in [0.1, 0.15) is 11.3 Å². The van der Waals surface area contributed by atoms with Gasteiger partial charge in [0, 0.05) is 11.6 Å². The molecular formula is C14H15N3S. The maximum atomic E-state index is 5.56. The first-order valence-electron chi connectivity index (χ1n) is 6.00. The van der Waals surface area contributed by atoms with Gasteiger partial charge in [-0.05, 0) is 31.0 Å². The molecule has 0 spiro atoms. The number of benzene rings is 1. The summed E-state index contributed by atoms with van der Waals surface area (Å²) < 4.78 is 2.15. The molecule has 0 aliphatic heterocycles. The number of rotatable bonds is 3. The number of nitrogens with zero attached hydrogens (tertiary/aromatic N) is 2. The van der Waals surface area contributed by atoms with Crippen LogP contribution in [0.5, 0.6) is 0 Å². The van der Waals surface area contributed by atoms with E-state index in [0.29, 0.717) is 6.54 Å². The molecule has 0 radical (unpaired) electrons. The zero-order valence-electron chi connectivity index (χ0n) is 10.3. The molecule has 4 heteroatoms. The molecule has 18 heavy (non-hydrogen) atoms. The fourth-order valence-corrected chi connectivity index (χ4v) is 3.04. The van der Waals surface area contributed by atoms with Gasteiger partial charge in [0.05, 0.1) is 11.4 Å². The van der Waals surface area contributed by atoms with E-state index in [0.717, 1.165) is 17.1 Å². The van der Waals surface area contributed by atoms with Crippen molar-refractivity contribution in [3.05, 3.63) is 47.1 Å². The molecule has 0 fully saturated rings. The molecule has 0 bridgehead atoms. The van der Waals surface area contributed by atoms with Crippen LogP contribution in [0.25, 0.3) is 16.2 Å². The lowest BCUT2D eigenvalue weighted by Crippen LogP contribution is -2.02. The van der Waals surface area contributed by atoms with Crippen LogP contribution in [0, 0.1) is 6.92 Å². The molecule has 3 nitrogen and oxygen atoms in total. The second-order valence-electron chi connectivity index (χ2n) is 4.39. The molecule has 0 saturated carbocycles. The van der Waals surface area contributed by atoms with Crippen LogP contribution in [0.2, 0.25) is 0 Å². The monoisotopic (exact) mass is 257 g/mol. The molecule has 0 aliphatic carbocycles. The van der Waals surface area contributed by atoms with E-state index < -0.39 is 0 Å². The van der Waals surface area contributed by atoms with Crippen molar-refractivity contribution in [1.82, 2.24) is 9.38 Å². The van der Waals surface area contributed by atoms with Crippen molar-refractivity contribution in [3.63, 3.8) is 0 Å². The number of imidazole rings is 1. The van der Waals surface area contributed by atoms with Crippen LogP contribution in [0.4, 0.5) is 0 Å². The van der Waals surface area contributed by atoms with Crippen LogP contribution in [0.15, 0.2) is 35.8 Å². The Morgan fingerprint density at radius 3 is 2.78 bits per heavy atom. The summed E-state index contributed by atoms with van der Waals surface area (Å²) in [5, 5.41) is 2.15. The first kappa shape index (κ1) is 11.4. The fraction of sp³-hybridized carbons (Fsp3) is 0.214. The molecule has 0 unspecified atom stereocenters. The van der Waals surface area contributed by atoms with Gasteiger partial charge in [0.2, 0.25) is 0 Å². The van der Waals surface area contributed by atoms with Gasteiger partial charge >= 0.3 is 0 Å². The lowest BCUT2D eigenvalue weighted by atomic mass is 10.1. The fourth-order valence-electron chi connectivity index (χ4n) is 2.11. The van der Waals surface area contributed by atoms with Crippen LogP contribution in [-0.2, 0) is 6.42 Å². The van der Waals surface area contributed by atoms with Gasteiger partial charge in [-0.25, -0.2) is 4.98 Å². The van der Waals surface area contributed by atoms with Gasteiger partial charge < -0.3 is 5.73 Å². The summed E-state index contributed by atoms with van der Waals surface area (Å²) >= 11 is 1.68. The smallest absolute Gasteiger partial charge is 0.194 e. The third-order valence-electron chi connectivity index (χ3n) is 3.01. The second kappa shape index (κ2) is 4.55. The molecule has 0 aliphatic rings. The standard InChI is InChI=1S/C14H15N3S/c1-10-8-17-13(9-18-14(17)16-10)12-4-2-11(3-5-12)6-7-15/h2-5,8-9H,6-7,15H2,1H3. The Morgan fingerprint density at radius 2 is 2.06 bits per heavy atom. The number of aromatic nitrogens is 2. The summed E-state index contributed by atoms with van der Waals surface area (Å²) in [6.45, 7) is 2.72. The van der Waals surface area contributed by atoms with Crippen molar-refractivity contribution in [2.75, 3.05) is 6.54 Å². The van der Waals surface area contributed by atoms with Crippen LogP contribution < -0.4 is 5.73 Å². The predicted octanol–water partition coefficient (Wildman–Crippen LogP) is 2.87. The molecule has 0 atom stereocenters. The largest absolute Gasteiger partial charge is 0.330 e. The molecule has 3 aromatic rings. The van der Waals surface area contributed by atoms with Gasteiger partial charge in [-0.15, -0.1) is 11.3 Å². The van der Waals surface area contributed by atoms with Crippen LogP contribution in [0.3, 0.4) is 0 Å². The SMILES string of the molecule is Cc1cn2c(-c3ccc(CCN)cc3)csc2n1. The molecule has 0 saturated heterocycles. The highest BCUT2D eigenvalue weighted by Crippen LogP contribution is 2.26. The van der Waals surface area contributed by atoms with Crippen LogP contribution >= 0.6 is 11.3 Å². The predicted molar refractivity (Wildman–Crippen MR) is 76.0 cm³/mol. The molecular weight excluding hydrogens is 242 g/mol. The minimum atomic E-state index is 0.697. The van der Waals surface area contributed by atoms with E-state index in [9.17, 15) is 0 Å². The van der Waals surface area contributed by atoms with Gasteiger partial charge in [0.25, 0.3) is 0 Å². The lowest BCUT2D eigenvalue weighted by Gasteiger charge is -2.02. The maximum absolute atomic E-state index is 5.56. The summed E-state index contributed by atoms with van der Waals surface area (Å²) in [4.78, 5) is 5.52. The Labute approximate surface area is 110 Å². The van der Waals surface area contributed by atoms with Gasteiger partial charge in [0.1, 0.15) is 0 Å².